The van der Waals surface area contributed by atoms with Gasteiger partial charge in [0.25, 0.3) is 0 Å². The second kappa shape index (κ2) is 6.92. The number of carbonyl (C=O) groups excluding carboxylic acids is 1. The first-order chi connectivity index (χ1) is 11.2. The molecule has 0 radical (unpaired) electrons. The van der Waals surface area contributed by atoms with Gasteiger partial charge in [-0.05, 0) is 23.6 Å². The monoisotopic (exact) mass is 305 g/mol. The first-order valence-electron chi connectivity index (χ1n) is 7.63. The Morgan fingerprint density at radius 1 is 1.09 bits per heavy atom. The van der Waals surface area contributed by atoms with Gasteiger partial charge in [0.1, 0.15) is 6.54 Å². The molecule has 23 heavy (non-hydrogen) atoms. The Morgan fingerprint density at radius 3 is 2.43 bits per heavy atom. The van der Waals surface area contributed by atoms with E-state index in [1.807, 2.05) is 25.1 Å². The molecule has 0 aliphatic heterocycles. The van der Waals surface area contributed by atoms with Crippen LogP contribution in [0.2, 0.25) is 0 Å². The van der Waals surface area contributed by atoms with Crippen LogP contribution in [0.3, 0.4) is 0 Å². The molecule has 3 aromatic rings. The number of imidazole rings is 1. The fraction of sp³-hybridized carbons (Fsp3) is 0.158. The van der Waals surface area contributed by atoms with E-state index in [1.165, 1.54) is 11.1 Å². The summed E-state index contributed by atoms with van der Waals surface area (Å²) in [5.41, 5.74) is 3.45. The normalized spacial score (nSPS) is 11.9. The first kappa shape index (κ1) is 15.0. The van der Waals surface area contributed by atoms with E-state index in [4.69, 9.17) is 0 Å². The van der Waals surface area contributed by atoms with Gasteiger partial charge in [0.15, 0.2) is 0 Å². The molecule has 4 nitrogen and oxygen atoms in total. The summed E-state index contributed by atoms with van der Waals surface area (Å²) in [5, 5.41) is 3.01. The Bertz CT molecular complexity index is 749. The Kier molecular flexibility index (Phi) is 4.52. The molecule has 0 spiro atoms. The number of amides is 1. The topological polar surface area (TPSA) is 46.9 Å². The van der Waals surface area contributed by atoms with Gasteiger partial charge in [-0.2, -0.15) is 0 Å². The van der Waals surface area contributed by atoms with Gasteiger partial charge in [0, 0.05) is 12.4 Å². The van der Waals surface area contributed by atoms with Crippen LogP contribution < -0.4 is 5.32 Å². The van der Waals surface area contributed by atoms with Gasteiger partial charge >= 0.3 is 0 Å². The third kappa shape index (κ3) is 3.86. The Labute approximate surface area is 135 Å². The van der Waals surface area contributed by atoms with E-state index in [-0.39, 0.29) is 18.5 Å². The molecule has 0 saturated heterocycles. The summed E-state index contributed by atoms with van der Waals surface area (Å²) in [7, 11) is 0. The van der Waals surface area contributed by atoms with Crippen molar-refractivity contribution >= 4 is 5.91 Å². The summed E-state index contributed by atoms with van der Waals surface area (Å²) in [6, 6.07) is 18.5. The van der Waals surface area contributed by atoms with Gasteiger partial charge < -0.3 is 9.88 Å². The van der Waals surface area contributed by atoms with Crippen LogP contribution in [0.15, 0.2) is 73.3 Å². The Balaban J connectivity index is 1.63. The number of rotatable bonds is 5. The predicted molar refractivity (Wildman–Crippen MR) is 90.7 cm³/mol. The van der Waals surface area contributed by atoms with Crippen molar-refractivity contribution in [2.24, 2.45) is 0 Å². The van der Waals surface area contributed by atoms with Crippen LogP contribution in [-0.4, -0.2) is 15.5 Å². The fourth-order valence-corrected chi connectivity index (χ4v) is 2.51. The molecule has 3 rings (SSSR count). The molecule has 1 amide bonds. The summed E-state index contributed by atoms with van der Waals surface area (Å²) < 4.78 is 1.75. The third-order valence-corrected chi connectivity index (χ3v) is 3.78. The number of nitrogens with zero attached hydrogens (tertiary/aromatic N) is 2. The van der Waals surface area contributed by atoms with Gasteiger partial charge in [-0.15, -0.1) is 0 Å². The SMILES string of the molecule is CC(NC(=O)Cn1ccnc1)c1ccc(-c2ccccc2)cc1. The van der Waals surface area contributed by atoms with E-state index in [1.54, 1.807) is 23.3 Å². The summed E-state index contributed by atoms with van der Waals surface area (Å²) in [4.78, 5) is 16.0. The van der Waals surface area contributed by atoms with Gasteiger partial charge in [-0.25, -0.2) is 4.98 Å². The highest BCUT2D eigenvalue weighted by Gasteiger charge is 2.10. The molecule has 1 unspecified atom stereocenters. The van der Waals surface area contributed by atoms with Crippen LogP contribution in [0, 0.1) is 0 Å². The van der Waals surface area contributed by atoms with Crippen molar-refractivity contribution in [3.63, 3.8) is 0 Å². The van der Waals surface area contributed by atoms with Crippen molar-refractivity contribution in [1.82, 2.24) is 14.9 Å². The predicted octanol–water partition coefficient (Wildman–Crippen LogP) is 3.43. The summed E-state index contributed by atoms with van der Waals surface area (Å²) in [6.45, 7) is 2.27. The van der Waals surface area contributed by atoms with Crippen molar-refractivity contribution < 1.29 is 4.79 Å². The largest absolute Gasteiger partial charge is 0.348 e. The average Bonchev–Trinajstić information content (AvgIpc) is 3.08. The van der Waals surface area contributed by atoms with E-state index in [0.717, 1.165) is 5.56 Å². The zero-order chi connectivity index (χ0) is 16.1. The lowest BCUT2D eigenvalue weighted by molar-refractivity contribution is -0.122. The Hall–Kier alpha value is -2.88. The number of carbonyl (C=O) groups is 1. The molecule has 4 heteroatoms. The summed E-state index contributed by atoms with van der Waals surface area (Å²) in [6.07, 6.45) is 5.08. The van der Waals surface area contributed by atoms with Crippen LogP contribution in [0.25, 0.3) is 11.1 Å². The van der Waals surface area contributed by atoms with Gasteiger partial charge in [0.05, 0.1) is 12.4 Å². The highest BCUT2D eigenvalue weighted by atomic mass is 16.2. The van der Waals surface area contributed by atoms with Crippen LogP contribution in [0.5, 0.6) is 0 Å². The van der Waals surface area contributed by atoms with Crippen LogP contribution in [-0.2, 0) is 11.3 Å². The van der Waals surface area contributed by atoms with Crippen molar-refractivity contribution in [3.8, 4) is 11.1 Å². The lowest BCUT2D eigenvalue weighted by Crippen LogP contribution is -2.29. The number of benzene rings is 2. The molecule has 1 N–H and O–H groups in total. The highest BCUT2D eigenvalue weighted by molar-refractivity contribution is 5.76. The van der Waals surface area contributed by atoms with E-state index in [2.05, 4.69) is 46.7 Å². The zero-order valence-corrected chi connectivity index (χ0v) is 13.0. The molecular weight excluding hydrogens is 286 g/mol. The minimum Gasteiger partial charge on any atom is -0.348 e. The van der Waals surface area contributed by atoms with Crippen molar-refractivity contribution in [2.45, 2.75) is 19.5 Å². The van der Waals surface area contributed by atoms with Crippen molar-refractivity contribution in [3.05, 3.63) is 78.9 Å². The minimum absolute atomic E-state index is 0.0253. The standard InChI is InChI=1S/C19H19N3O/c1-15(21-19(23)13-22-12-11-20-14-22)16-7-9-18(10-8-16)17-5-3-2-4-6-17/h2-12,14-15H,13H2,1H3,(H,21,23). The van der Waals surface area contributed by atoms with E-state index >= 15 is 0 Å². The smallest absolute Gasteiger partial charge is 0.240 e. The van der Waals surface area contributed by atoms with Crippen molar-refractivity contribution in [2.75, 3.05) is 0 Å². The molecule has 1 heterocycles. The summed E-state index contributed by atoms with van der Waals surface area (Å²) >= 11 is 0. The molecule has 1 atom stereocenters. The lowest BCUT2D eigenvalue weighted by atomic mass is 10.0. The molecule has 0 aliphatic carbocycles. The maximum absolute atomic E-state index is 12.0. The zero-order valence-electron chi connectivity index (χ0n) is 13.0. The van der Waals surface area contributed by atoms with Crippen molar-refractivity contribution in [1.29, 1.82) is 0 Å². The number of aromatic nitrogens is 2. The molecule has 2 aromatic carbocycles. The van der Waals surface area contributed by atoms with E-state index in [9.17, 15) is 4.79 Å². The fourth-order valence-electron chi connectivity index (χ4n) is 2.51. The average molecular weight is 305 g/mol. The molecule has 1 aromatic heterocycles. The number of hydrogen-bond donors (Lipinski definition) is 1. The Morgan fingerprint density at radius 2 is 1.78 bits per heavy atom. The molecule has 116 valence electrons. The number of hydrogen-bond acceptors (Lipinski definition) is 2. The maximum Gasteiger partial charge on any atom is 0.240 e. The lowest BCUT2D eigenvalue weighted by Gasteiger charge is -2.15. The second-order valence-corrected chi connectivity index (χ2v) is 5.51. The van der Waals surface area contributed by atoms with Gasteiger partial charge in [0.2, 0.25) is 5.91 Å². The molecule has 0 bridgehead atoms. The number of nitrogens with one attached hydrogen (secondary N) is 1. The molecule has 0 fully saturated rings. The minimum atomic E-state index is -0.0316. The van der Waals surface area contributed by atoms with E-state index < -0.39 is 0 Å². The summed E-state index contributed by atoms with van der Waals surface area (Å²) in [5.74, 6) is -0.0253. The third-order valence-electron chi connectivity index (χ3n) is 3.78. The molecule has 0 saturated carbocycles. The van der Waals surface area contributed by atoms with Crippen LogP contribution in [0.1, 0.15) is 18.5 Å². The maximum atomic E-state index is 12.0. The van der Waals surface area contributed by atoms with E-state index in [0.29, 0.717) is 0 Å². The quantitative estimate of drug-likeness (QED) is 0.785. The molecule has 0 aliphatic rings. The molecular formula is C19H19N3O. The van der Waals surface area contributed by atoms with Gasteiger partial charge in [-0.1, -0.05) is 54.6 Å². The van der Waals surface area contributed by atoms with Gasteiger partial charge in [-0.3, -0.25) is 4.79 Å². The van der Waals surface area contributed by atoms with Crippen LogP contribution >= 0.6 is 0 Å². The first-order valence-corrected chi connectivity index (χ1v) is 7.63. The van der Waals surface area contributed by atoms with Crippen LogP contribution in [0.4, 0.5) is 0 Å². The second-order valence-electron chi connectivity index (χ2n) is 5.51. The highest BCUT2D eigenvalue weighted by Crippen LogP contribution is 2.21.